The molecule has 1 atom stereocenters. The maximum Gasteiger partial charge on any atom is 0.324 e. The molecule has 0 radical (unpaired) electrons. The first-order chi connectivity index (χ1) is 11.8. The summed E-state index contributed by atoms with van der Waals surface area (Å²) in [6.07, 6.45) is 0. The lowest BCUT2D eigenvalue weighted by Crippen LogP contribution is -2.44. The normalized spacial score (nSPS) is 16.3. The Hall–Kier alpha value is -1.97. The molecule has 0 unspecified atom stereocenters. The lowest BCUT2D eigenvalue weighted by atomic mass is 10.2. The Labute approximate surface area is 147 Å². The van der Waals surface area contributed by atoms with Gasteiger partial charge in [0.1, 0.15) is 6.04 Å². The molecule has 1 aromatic carbocycles. The van der Waals surface area contributed by atoms with Crippen LogP contribution in [-0.2, 0) is 29.1 Å². The van der Waals surface area contributed by atoms with Gasteiger partial charge in [0.05, 0.1) is 18.1 Å². The second kappa shape index (κ2) is 8.41. The molecule has 1 amide bonds. The van der Waals surface area contributed by atoms with Crippen LogP contribution in [0.15, 0.2) is 29.2 Å². The summed E-state index contributed by atoms with van der Waals surface area (Å²) >= 11 is 0. The van der Waals surface area contributed by atoms with E-state index in [2.05, 4.69) is 4.72 Å². The number of benzene rings is 1. The summed E-state index contributed by atoms with van der Waals surface area (Å²) < 4.78 is 36.8. The molecule has 0 aliphatic carbocycles. The van der Waals surface area contributed by atoms with Crippen LogP contribution in [0.25, 0.3) is 0 Å². The number of ether oxygens (including phenoxy) is 2. The van der Waals surface area contributed by atoms with Crippen LogP contribution in [-0.4, -0.2) is 64.1 Å². The lowest BCUT2D eigenvalue weighted by molar-refractivity contribution is -0.154. The molecule has 1 heterocycles. The van der Waals surface area contributed by atoms with E-state index >= 15 is 0 Å². The molecule has 2 rings (SSSR count). The highest BCUT2D eigenvalue weighted by molar-refractivity contribution is 7.89. The van der Waals surface area contributed by atoms with Gasteiger partial charge in [0.15, 0.2) is 6.61 Å². The third kappa shape index (κ3) is 5.52. The molecule has 138 valence electrons. The first kappa shape index (κ1) is 19.4. The Morgan fingerprint density at radius 2 is 1.84 bits per heavy atom. The topological polar surface area (TPSA) is 102 Å². The molecule has 0 aromatic heterocycles. The van der Waals surface area contributed by atoms with Crippen LogP contribution in [0.4, 0.5) is 0 Å². The fourth-order valence-corrected chi connectivity index (χ4v) is 3.42. The van der Waals surface area contributed by atoms with Gasteiger partial charge in [-0.1, -0.05) is 17.7 Å². The van der Waals surface area contributed by atoms with E-state index in [9.17, 15) is 18.0 Å². The van der Waals surface area contributed by atoms with Gasteiger partial charge < -0.3 is 14.4 Å². The van der Waals surface area contributed by atoms with Crippen molar-refractivity contribution in [1.29, 1.82) is 0 Å². The van der Waals surface area contributed by atoms with Gasteiger partial charge in [-0.15, -0.1) is 0 Å². The van der Waals surface area contributed by atoms with Crippen molar-refractivity contribution in [1.82, 2.24) is 9.62 Å². The van der Waals surface area contributed by atoms with Gasteiger partial charge in [0.2, 0.25) is 10.0 Å². The quantitative estimate of drug-likeness (QED) is 0.711. The second-order valence-corrected chi connectivity index (χ2v) is 7.47. The molecule has 0 saturated carbocycles. The molecule has 1 N–H and O–H groups in total. The van der Waals surface area contributed by atoms with Crippen LogP contribution in [0.2, 0.25) is 0 Å². The van der Waals surface area contributed by atoms with Crippen molar-refractivity contribution >= 4 is 21.9 Å². The Balaban J connectivity index is 1.86. The molecule has 0 bridgehead atoms. The van der Waals surface area contributed by atoms with E-state index in [1.807, 2.05) is 6.92 Å². The number of nitrogens with one attached hydrogen (secondary N) is 1. The highest BCUT2D eigenvalue weighted by atomic mass is 32.2. The van der Waals surface area contributed by atoms with E-state index in [0.717, 1.165) is 5.56 Å². The molecular weight excluding hydrogens is 348 g/mol. The van der Waals surface area contributed by atoms with Crippen LogP contribution < -0.4 is 4.72 Å². The van der Waals surface area contributed by atoms with Crippen molar-refractivity contribution in [3.8, 4) is 0 Å². The first-order valence-corrected chi connectivity index (χ1v) is 9.39. The van der Waals surface area contributed by atoms with Crippen LogP contribution in [0.5, 0.6) is 0 Å². The average molecular weight is 370 g/mol. The highest BCUT2D eigenvalue weighted by Gasteiger charge is 2.25. The molecule has 0 spiro atoms. The summed E-state index contributed by atoms with van der Waals surface area (Å²) in [7, 11) is -3.84. The summed E-state index contributed by atoms with van der Waals surface area (Å²) in [6.45, 7) is 4.59. The number of morpholine rings is 1. The zero-order chi connectivity index (χ0) is 18.4. The third-order valence-electron chi connectivity index (χ3n) is 3.72. The average Bonchev–Trinajstić information content (AvgIpc) is 2.60. The molecule has 1 aromatic rings. The zero-order valence-corrected chi connectivity index (χ0v) is 15.0. The van der Waals surface area contributed by atoms with Crippen molar-refractivity contribution in [2.24, 2.45) is 0 Å². The van der Waals surface area contributed by atoms with Crippen molar-refractivity contribution < 1.29 is 27.5 Å². The molecule has 9 heteroatoms. The number of rotatable bonds is 6. The van der Waals surface area contributed by atoms with Crippen LogP contribution in [0.3, 0.4) is 0 Å². The van der Waals surface area contributed by atoms with Gasteiger partial charge in [-0.25, -0.2) is 8.42 Å². The second-order valence-electron chi connectivity index (χ2n) is 5.76. The molecule has 1 fully saturated rings. The minimum Gasteiger partial charge on any atom is -0.454 e. The van der Waals surface area contributed by atoms with Gasteiger partial charge in [-0.3, -0.25) is 9.59 Å². The number of hydrogen-bond donors (Lipinski definition) is 1. The summed E-state index contributed by atoms with van der Waals surface area (Å²) in [6, 6.07) is 5.13. The SMILES string of the molecule is Cc1ccc(S(=O)(=O)N[C@@H](C)C(=O)OCC(=O)N2CCOCC2)cc1. The Morgan fingerprint density at radius 3 is 2.44 bits per heavy atom. The maximum absolute atomic E-state index is 12.2. The van der Waals surface area contributed by atoms with Gasteiger partial charge in [0.25, 0.3) is 5.91 Å². The monoisotopic (exact) mass is 370 g/mol. The van der Waals surface area contributed by atoms with Gasteiger partial charge in [0, 0.05) is 13.1 Å². The van der Waals surface area contributed by atoms with Gasteiger partial charge >= 0.3 is 5.97 Å². The van der Waals surface area contributed by atoms with Gasteiger partial charge in [-0.05, 0) is 26.0 Å². The van der Waals surface area contributed by atoms with Crippen molar-refractivity contribution in [2.45, 2.75) is 24.8 Å². The zero-order valence-electron chi connectivity index (χ0n) is 14.2. The Kier molecular flexibility index (Phi) is 6.51. The van der Waals surface area contributed by atoms with E-state index in [4.69, 9.17) is 9.47 Å². The smallest absolute Gasteiger partial charge is 0.324 e. The van der Waals surface area contributed by atoms with E-state index in [-0.39, 0.29) is 10.8 Å². The van der Waals surface area contributed by atoms with Crippen LogP contribution in [0, 0.1) is 6.92 Å². The van der Waals surface area contributed by atoms with E-state index < -0.39 is 28.6 Å². The number of sulfonamides is 1. The number of carbonyl (C=O) groups is 2. The van der Waals surface area contributed by atoms with Crippen molar-refractivity contribution in [3.63, 3.8) is 0 Å². The minimum atomic E-state index is -3.84. The number of amides is 1. The Bertz CT molecular complexity index is 711. The standard InChI is InChI=1S/C16H22N2O6S/c1-12-3-5-14(6-4-12)25(21,22)17-13(2)16(20)24-11-15(19)18-7-9-23-10-8-18/h3-6,13,17H,7-11H2,1-2H3/t13-/m0/s1. The maximum atomic E-state index is 12.2. The van der Waals surface area contributed by atoms with Gasteiger partial charge in [-0.2, -0.15) is 4.72 Å². The van der Waals surface area contributed by atoms with E-state index in [1.165, 1.54) is 24.0 Å². The van der Waals surface area contributed by atoms with Crippen LogP contribution in [0.1, 0.15) is 12.5 Å². The number of hydrogen-bond acceptors (Lipinski definition) is 6. The number of nitrogens with zero attached hydrogens (tertiary/aromatic N) is 1. The predicted octanol–water partition coefficient (Wildman–Crippen LogP) is 0.0638. The summed E-state index contributed by atoms with van der Waals surface area (Å²) in [5, 5.41) is 0. The Morgan fingerprint density at radius 1 is 1.24 bits per heavy atom. The highest BCUT2D eigenvalue weighted by Crippen LogP contribution is 2.10. The summed E-state index contributed by atoms with van der Waals surface area (Å²) in [5.74, 6) is -1.14. The number of carbonyl (C=O) groups excluding carboxylic acids is 2. The fraction of sp³-hybridized carbons (Fsp3) is 0.500. The largest absolute Gasteiger partial charge is 0.454 e. The van der Waals surface area contributed by atoms with Crippen LogP contribution >= 0.6 is 0 Å². The molecule has 1 aliphatic heterocycles. The molecule has 25 heavy (non-hydrogen) atoms. The molecule has 1 saturated heterocycles. The summed E-state index contributed by atoms with van der Waals surface area (Å²) in [5.41, 5.74) is 0.924. The predicted molar refractivity (Wildman–Crippen MR) is 89.3 cm³/mol. The fourth-order valence-electron chi connectivity index (χ4n) is 2.23. The number of esters is 1. The van der Waals surface area contributed by atoms with E-state index in [1.54, 1.807) is 12.1 Å². The molecule has 1 aliphatic rings. The minimum absolute atomic E-state index is 0.0575. The molecule has 8 nitrogen and oxygen atoms in total. The lowest BCUT2D eigenvalue weighted by Gasteiger charge is -2.26. The first-order valence-electron chi connectivity index (χ1n) is 7.91. The third-order valence-corrected chi connectivity index (χ3v) is 5.28. The summed E-state index contributed by atoms with van der Waals surface area (Å²) in [4.78, 5) is 25.5. The van der Waals surface area contributed by atoms with Crippen molar-refractivity contribution in [3.05, 3.63) is 29.8 Å². The molecular formula is C16H22N2O6S. The van der Waals surface area contributed by atoms with E-state index in [0.29, 0.717) is 26.3 Å². The van der Waals surface area contributed by atoms with Crippen molar-refractivity contribution in [2.75, 3.05) is 32.9 Å². The number of aryl methyl sites for hydroxylation is 1.